The molecule has 8 amide bonds. The summed E-state index contributed by atoms with van der Waals surface area (Å²) in [6, 6.07) is 41.0. The Morgan fingerprint density at radius 3 is 1.24 bits per heavy atom. The Bertz CT molecular complexity index is 3480. The number of carboxylic acids is 1. The van der Waals surface area contributed by atoms with Gasteiger partial charge in [0.1, 0.15) is 12.4 Å². The van der Waals surface area contributed by atoms with Gasteiger partial charge in [0.15, 0.2) is 12.6 Å². The van der Waals surface area contributed by atoms with Crippen LogP contribution in [0.25, 0.3) is 0 Å². The highest BCUT2D eigenvalue weighted by atomic mass is 16.6. The van der Waals surface area contributed by atoms with Crippen molar-refractivity contribution in [2.75, 3.05) is 92.2 Å². The number of carboxylic acid groups (broad SMARTS) is 1. The molecule has 0 radical (unpaired) electrons. The van der Waals surface area contributed by atoms with Gasteiger partial charge < -0.3 is 75.6 Å². The molecule has 5 aromatic rings. The third-order valence-electron chi connectivity index (χ3n) is 18.7. The summed E-state index contributed by atoms with van der Waals surface area (Å²) in [7, 11) is 0. The van der Waals surface area contributed by atoms with Crippen LogP contribution in [-0.2, 0) is 57.3 Å². The quantitative estimate of drug-likeness (QED) is 0.0217. The normalized spacial score (nSPS) is 24.3. The molecule has 13 atom stereocenters. The number of carbonyl (C=O) groups is 10. The Morgan fingerprint density at radius 2 is 0.845 bits per heavy atom. The first kappa shape index (κ1) is 68.8. The SMILES string of the molecule is O=C(O)CCOCCOCCOCCOC(=O)[C@H](CO)NC(=O)CNC(=O)COc1cc(C(=O)N2C[C@@H](C(=O)N[C@H]3C[C@@H]3c3ccccc3)[C@H](C(=O)N[C@H]3C[C@@H]3c3ccccc3)C2)ccc1C(=O)N1C[C@@H](C(=O)N[C@H]2C[C@@H]2c2ccccc2)[C@H](C(=O)N[C@H]2C[C@@H]2c2ccccc2)C1. The van der Waals surface area contributed by atoms with Crippen LogP contribution in [0, 0.1) is 23.7 Å². The summed E-state index contributed by atoms with van der Waals surface area (Å²) >= 11 is 0. The smallest absolute Gasteiger partial charge is 0.331 e. The Morgan fingerprint density at radius 1 is 0.464 bits per heavy atom. The second kappa shape index (κ2) is 32.5. The molecule has 0 unspecified atom stereocenters. The fourth-order valence-corrected chi connectivity index (χ4v) is 13.0. The van der Waals surface area contributed by atoms with Crippen molar-refractivity contribution in [2.45, 2.75) is 86.0 Å². The maximum atomic E-state index is 15.1. The summed E-state index contributed by atoms with van der Waals surface area (Å²) < 4.78 is 27.1. The molecule has 11 rings (SSSR count). The Hall–Kier alpha value is -9.56. The van der Waals surface area contributed by atoms with Crippen molar-refractivity contribution in [1.29, 1.82) is 0 Å². The van der Waals surface area contributed by atoms with Crippen LogP contribution in [0.2, 0.25) is 0 Å². The molecule has 2 saturated heterocycles. The average Bonchev–Trinajstić information content (AvgIpc) is 1.66. The van der Waals surface area contributed by atoms with Crippen LogP contribution in [0.1, 0.15) is 98.7 Å². The van der Waals surface area contributed by atoms with E-state index in [0.29, 0.717) is 25.7 Å². The molecule has 512 valence electrons. The minimum absolute atomic E-state index is 0.0219. The number of ether oxygens (including phenoxy) is 5. The van der Waals surface area contributed by atoms with E-state index in [9.17, 15) is 48.3 Å². The number of rotatable bonds is 34. The highest BCUT2D eigenvalue weighted by molar-refractivity contribution is 6.02. The predicted molar refractivity (Wildman–Crippen MR) is 348 cm³/mol. The summed E-state index contributed by atoms with van der Waals surface area (Å²) in [6.07, 6.45) is 2.70. The highest BCUT2D eigenvalue weighted by Crippen LogP contribution is 2.45. The van der Waals surface area contributed by atoms with E-state index in [1.807, 2.05) is 121 Å². The minimum Gasteiger partial charge on any atom is -0.483 e. The van der Waals surface area contributed by atoms with E-state index < -0.39 is 85.0 Å². The van der Waals surface area contributed by atoms with E-state index in [-0.39, 0.29) is 167 Å². The van der Waals surface area contributed by atoms with Gasteiger partial charge in [-0.2, -0.15) is 0 Å². The first-order chi connectivity index (χ1) is 47.1. The number of benzene rings is 5. The van der Waals surface area contributed by atoms with Gasteiger partial charge in [0.2, 0.25) is 29.5 Å². The third-order valence-corrected chi connectivity index (χ3v) is 18.7. The number of nitrogens with zero attached hydrogens (tertiary/aromatic N) is 2. The minimum atomic E-state index is -1.51. The number of esters is 1. The Balaban J connectivity index is 0.770. The number of hydrogen-bond acceptors (Lipinski definition) is 16. The third kappa shape index (κ3) is 18.5. The lowest BCUT2D eigenvalue weighted by molar-refractivity contribution is -0.150. The summed E-state index contributed by atoms with van der Waals surface area (Å²) in [5, 5.41) is 35.9. The fraction of sp³-hybridized carbons (Fsp3) is 0.444. The van der Waals surface area contributed by atoms with Gasteiger partial charge >= 0.3 is 11.9 Å². The summed E-state index contributed by atoms with van der Waals surface area (Å²) in [6.45, 7) is -2.45. The van der Waals surface area contributed by atoms with Gasteiger partial charge in [0.05, 0.1) is 88.4 Å². The fourth-order valence-electron chi connectivity index (χ4n) is 13.0. The van der Waals surface area contributed by atoms with Crippen LogP contribution in [0.15, 0.2) is 140 Å². The van der Waals surface area contributed by atoms with E-state index in [4.69, 9.17) is 28.8 Å². The van der Waals surface area contributed by atoms with Crippen molar-refractivity contribution in [3.63, 3.8) is 0 Å². The molecule has 25 nitrogen and oxygen atoms in total. The maximum absolute atomic E-state index is 15.1. The number of aliphatic hydroxyl groups is 1. The van der Waals surface area contributed by atoms with E-state index in [1.54, 1.807) is 0 Å². The Kier molecular flexibility index (Phi) is 23.0. The number of hydrogen-bond donors (Lipinski definition) is 8. The van der Waals surface area contributed by atoms with Gasteiger partial charge in [-0.1, -0.05) is 121 Å². The largest absolute Gasteiger partial charge is 0.483 e. The van der Waals surface area contributed by atoms with E-state index in [1.165, 1.54) is 28.0 Å². The zero-order valence-electron chi connectivity index (χ0n) is 53.6. The average molecular weight is 1330 g/mol. The second-order valence-corrected chi connectivity index (χ2v) is 25.5. The monoisotopic (exact) mass is 1330 g/mol. The van der Waals surface area contributed by atoms with Gasteiger partial charge in [0.25, 0.3) is 17.7 Å². The predicted octanol–water partition coefficient (Wildman–Crippen LogP) is 2.79. The lowest BCUT2D eigenvalue weighted by Crippen LogP contribution is -2.48. The van der Waals surface area contributed by atoms with Gasteiger partial charge in [0, 0.05) is 79.6 Å². The molecule has 4 aliphatic carbocycles. The van der Waals surface area contributed by atoms with Crippen molar-refractivity contribution in [2.24, 2.45) is 23.7 Å². The molecule has 8 N–H and O–H groups in total. The van der Waals surface area contributed by atoms with Crippen molar-refractivity contribution in [1.82, 2.24) is 41.7 Å². The molecule has 0 spiro atoms. The van der Waals surface area contributed by atoms with Gasteiger partial charge in [-0.3, -0.25) is 43.2 Å². The number of carbonyl (C=O) groups excluding carboxylic acids is 9. The van der Waals surface area contributed by atoms with E-state index in [2.05, 4.69) is 31.9 Å². The van der Waals surface area contributed by atoms with Crippen LogP contribution in [0.5, 0.6) is 5.75 Å². The molecule has 2 aliphatic heterocycles. The molecule has 4 saturated carbocycles. The molecule has 6 fully saturated rings. The standard InChI is InChI=1S/C72H82N8O17/c81-41-61(72(92)96-30-29-95-28-27-94-26-25-93-24-23-65(84)85)74-63(82)36-73-64(83)42-97-62-31-47(70(90)79-37-53(66(86)75-57-32-49(57)43-13-5-1-6-14-43)54(38-79)67(87)76-58-33-50(58)44-15-7-2-8-16-44)21-22-48(62)71(91)80-39-55(68(88)77-59-34-51(59)45-17-9-3-10-18-45)56(40-80)69(89)78-60-35-52(60)46-19-11-4-12-20-46/h1-22,31,49-61,81H,23-30,32-42H2,(H,73,83)(H,74,82)(H,75,86)(H,76,87)(H,77,88)(H,78,89)(H,84,85)/t49-,50-,51-,52-,53-,54-,55-,56-,57+,58+,59+,60+,61+/m1/s1. The summed E-state index contributed by atoms with van der Waals surface area (Å²) in [5.41, 5.74) is 4.14. The van der Waals surface area contributed by atoms with Crippen molar-refractivity contribution in [3.8, 4) is 5.75 Å². The van der Waals surface area contributed by atoms with Crippen LogP contribution >= 0.6 is 0 Å². The molecule has 6 aliphatic rings. The lowest BCUT2D eigenvalue weighted by atomic mass is 9.94. The van der Waals surface area contributed by atoms with Crippen molar-refractivity contribution < 1.29 is 81.8 Å². The summed E-state index contributed by atoms with van der Waals surface area (Å²) in [4.78, 5) is 141. The van der Waals surface area contributed by atoms with Crippen LogP contribution in [0.3, 0.4) is 0 Å². The van der Waals surface area contributed by atoms with E-state index in [0.717, 1.165) is 22.3 Å². The van der Waals surface area contributed by atoms with Crippen LogP contribution in [0.4, 0.5) is 0 Å². The zero-order valence-corrected chi connectivity index (χ0v) is 53.6. The number of nitrogens with one attached hydrogen (secondary N) is 6. The molecule has 2 heterocycles. The first-order valence-corrected chi connectivity index (χ1v) is 33.2. The number of likely N-dealkylation sites (tertiary alicyclic amines) is 2. The van der Waals surface area contributed by atoms with Gasteiger partial charge in [-0.25, -0.2) is 4.79 Å². The highest BCUT2D eigenvalue weighted by Gasteiger charge is 2.51. The van der Waals surface area contributed by atoms with Gasteiger partial charge in [-0.05, 0) is 66.1 Å². The lowest BCUT2D eigenvalue weighted by Gasteiger charge is -2.21. The number of aliphatic hydroxyl groups excluding tert-OH is 1. The molecule has 0 aromatic heterocycles. The van der Waals surface area contributed by atoms with Crippen molar-refractivity contribution in [3.05, 3.63) is 173 Å². The van der Waals surface area contributed by atoms with Gasteiger partial charge in [-0.15, -0.1) is 0 Å². The number of amides is 8. The molecular formula is C72H82N8O17. The number of aliphatic carboxylic acids is 1. The van der Waals surface area contributed by atoms with E-state index >= 15 is 4.79 Å². The Labute approximate surface area is 561 Å². The molecular weight excluding hydrogens is 1250 g/mol. The summed E-state index contributed by atoms with van der Waals surface area (Å²) in [5.74, 6) is -10.2. The second-order valence-electron chi connectivity index (χ2n) is 25.5. The maximum Gasteiger partial charge on any atom is 0.331 e. The van der Waals surface area contributed by atoms with Crippen LogP contribution < -0.4 is 36.6 Å². The first-order valence-electron chi connectivity index (χ1n) is 33.2. The molecule has 25 heteroatoms. The van der Waals surface area contributed by atoms with Crippen LogP contribution in [-0.4, -0.2) is 202 Å². The topological polar surface area (TPSA) is 336 Å². The van der Waals surface area contributed by atoms with Crippen molar-refractivity contribution >= 4 is 59.2 Å². The molecule has 5 aromatic carbocycles. The molecule has 97 heavy (non-hydrogen) atoms. The molecule has 0 bridgehead atoms. The zero-order chi connectivity index (χ0) is 68.0.